The first-order valence-corrected chi connectivity index (χ1v) is 11.4. The molecule has 0 N–H and O–H groups in total. The summed E-state index contributed by atoms with van der Waals surface area (Å²) in [5.41, 5.74) is 1.74. The van der Waals surface area contributed by atoms with Crippen molar-refractivity contribution in [2.45, 2.75) is 92.6 Å². The highest BCUT2D eigenvalue weighted by molar-refractivity contribution is 5.83. The van der Waals surface area contributed by atoms with Crippen LogP contribution in [0.25, 0.3) is 0 Å². The predicted octanol–water partition coefficient (Wildman–Crippen LogP) is 5.72. The number of ether oxygens (including phenoxy) is 1. The minimum absolute atomic E-state index is 0.0646. The summed E-state index contributed by atoms with van der Waals surface area (Å²) >= 11 is 0. The Bertz CT molecular complexity index is 723. The van der Waals surface area contributed by atoms with Crippen LogP contribution in [0.15, 0.2) is 11.6 Å². The van der Waals surface area contributed by atoms with Gasteiger partial charge in [-0.05, 0) is 80.0 Å². The second-order valence-electron chi connectivity index (χ2n) is 11.1. The highest BCUT2D eigenvalue weighted by Gasteiger charge is 2.66. The maximum Gasteiger partial charge on any atom is 0.302 e. The lowest BCUT2D eigenvalue weighted by atomic mass is 9.45. The first kappa shape index (κ1) is 20.2. The van der Waals surface area contributed by atoms with Gasteiger partial charge < -0.3 is 4.74 Å². The van der Waals surface area contributed by atoms with E-state index in [0.29, 0.717) is 29.5 Å². The third kappa shape index (κ3) is 2.53. The Labute approximate surface area is 170 Å². The second-order valence-corrected chi connectivity index (χ2v) is 11.1. The van der Waals surface area contributed by atoms with E-state index < -0.39 is 0 Å². The monoisotopic (exact) mass is 386 g/mol. The number of ketones is 1. The van der Waals surface area contributed by atoms with Gasteiger partial charge in [-0.3, -0.25) is 9.59 Å². The number of allylic oxidation sites excluding steroid dienone is 1. The molecule has 4 aliphatic rings. The first-order valence-electron chi connectivity index (χ1n) is 11.4. The van der Waals surface area contributed by atoms with Gasteiger partial charge in [0, 0.05) is 18.8 Å². The number of carbonyl (C=O) groups is 2. The lowest BCUT2D eigenvalue weighted by Crippen LogP contribution is -2.53. The molecule has 0 bridgehead atoms. The minimum Gasteiger partial charge on any atom is -0.462 e. The van der Waals surface area contributed by atoms with E-state index >= 15 is 0 Å². The average molecular weight is 387 g/mol. The summed E-state index contributed by atoms with van der Waals surface area (Å²) in [6, 6.07) is 0. The lowest BCUT2D eigenvalue weighted by Gasteiger charge is -2.59. The smallest absolute Gasteiger partial charge is 0.302 e. The van der Waals surface area contributed by atoms with Gasteiger partial charge in [0.2, 0.25) is 0 Å². The zero-order valence-corrected chi connectivity index (χ0v) is 18.6. The number of esters is 1. The molecule has 3 nitrogen and oxygen atoms in total. The molecule has 0 spiro atoms. The summed E-state index contributed by atoms with van der Waals surface area (Å²) in [5.74, 6) is 2.77. The molecule has 0 aromatic carbocycles. The predicted molar refractivity (Wildman–Crippen MR) is 111 cm³/mol. The Balaban J connectivity index is 1.64. The van der Waals surface area contributed by atoms with E-state index in [0.717, 1.165) is 25.7 Å². The Hall–Kier alpha value is -1.12. The van der Waals surface area contributed by atoms with Gasteiger partial charge in [0.25, 0.3) is 0 Å². The fourth-order valence-corrected chi connectivity index (χ4v) is 8.29. The fraction of sp³-hybridized carbons (Fsp3) is 0.840. The van der Waals surface area contributed by atoms with Gasteiger partial charge in [-0.1, -0.05) is 39.3 Å². The van der Waals surface area contributed by atoms with Crippen molar-refractivity contribution < 1.29 is 14.3 Å². The Morgan fingerprint density at radius 3 is 2.43 bits per heavy atom. The van der Waals surface area contributed by atoms with Gasteiger partial charge in [-0.2, -0.15) is 0 Å². The maximum atomic E-state index is 12.8. The summed E-state index contributed by atoms with van der Waals surface area (Å²) in [6.07, 6.45) is 10.3. The van der Waals surface area contributed by atoms with Crippen LogP contribution in [-0.4, -0.2) is 17.9 Å². The van der Waals surface area contributed by atoms with E-state index in [1.54, 1.807) is 0 Å². The van der Waals surface area contributed by atoms with Crippen molar-refractivity contribution in [3.05, 3.63) is 11.6 Å². The highest BCUT2D eigenvalue weighted by atomic mass is 16.5. The molecule has 3 heteroatoms. The number of fused-ring (bicyclic) bond motifs is 5. The normalized spacial score (nSPS) is 50.1. The summed E-state index contributed by atoms with van der Waals surface area (Å²) < 4.78 is 5.56. The molecule has 8 atom stereocenters. The van der Waals surface area contributed by atoms with Gasteiger partial charge >= 0.3 is 5.97 Å². The van der Waals surface area contributed by atoms with Gasteiger partial charge in [0.1, 0.15) is 11.9 Å². The van der Waals surface area contributed by atoms with Crippen LogP contribution >= 0.6 is 0 Å². The van der Waals surface area contributed by atoms with Crippen molar-refractivity contribution in [1.29, 1.82) is 0 Å². The van der Waals surface area contributed by atoms with Crippen molar-refractivity contribution >= 4 is 11.8 Å². The zero-order valence-electron chi connectivity index (χ0n) is 18.6. The van der Waals surface area contributed by atoms with E-state index in [9.17, 15) is 9.59 Å². The molecule has 4 rings (SSSR count). The third-order valence-corrected chi connectivity index (χ3v) is 10.3. The van der Waals surface area contributed by atoms with Crippen LogP contribution in [0.3, 0.4) is 0 Å². The summed E-state index contributed by atoms with van der Waals surface area (Å²) in [6.45, 7) is 12.8. The molecule has 28 heavy (non-hydrogen) atoms. The first-order chi connectivity index (χ1) is 13.0. The van der Waals surface area contributed by atoms with Crippen LogP contribution in [0.2, 0.25) is 0 Å². The fourth-order valence-electron chi connectivity index (χ4n) is 8.29. The molecule has 3 fully saturated rings. The van der Waals surface area contributed by atoms with Crippen molar-refractivity contribution in [1.82, 2.24) is 0 Å². The summed E-state index contributed by atoms with van der Waals surface area (Å²) in [7, 11) is 0. The van der Waals surface area contributed by atoms with E-state index in [1.807, 2.05) is 6.92 Å². The van der Waals surface area contributed by atoms with Gasteiger partial charge in [0.05, 0.1) is 0 Å². The molecule has 0 aliphatic heterocycles. The summed E-state index contributed by atoms with van der Waals surface area (Å²) in [5, 5.41) is 0. The Kier molecular flexibility index (Phi) is 4.64. The highest BCUT2D eigenvalue weighted by Crippen LogP contribution is 2.71. The average Bonchev–Trinajstić information content (AvgIpc) is 2.83. The summed E-state index contributed by atoms with van der Waals surface area (Å²) in [4.78, 5) is 24.2. The van der Waals surface area contributed by atoms with Gasteiger partial charge in [-0.25, -0.2) is 0 Å². The van der Waals surface area contributed by atoms with Crippen molar-refractivity contribution in [3.63, 3.8) is 0 Å². The number of hydrogen-bond acceptors (Lipinski definition) is 3. The SMILES string of the molecule is CC(=O)O[C@@H]1CC[C@]2(C)C(=CC[C@H]3[C@H]4C[C@@H](C)[C@](C)(C(C)=O)[C@@]4(C)CC[C@@H]32)C1. The molecule has 4 aliphatic carbocycles. The van der Waals surface area contributed by atoms with Crippen LogP contribution in [0.5, 0.6) is 0 Å². The number of carbonyl (C=O) groups excluding carboxylic acids is 2. The largest absolute Gasteiger partial charge is 0.462 e. The molecule has 3 saturated carbocycles. The van der Waals surface area contributed by atoms with E-state index in [4.69, 9.17) is 4.74 Å². The molecular weight excluding hydrogens is 348 g/mol. The lowest BCUT2D eigenvalue weighted by molar-refractivity contribution is -0.150. The molecule has 0 amide bonds. The topological polar surface area (TPSA) is 43.4 Å². The molecule has 0 unspecified atom stereocenters. The molecule has 0 heterocycles. The maximum absolute atomic E-state index is 12.8. The van der Waals surface area contributed by atoms with Crippen LogP contribution in [-0.2, 0) is 14.3 Å². The molecule has 156 valence electrons. The van der Waals surface area contributed by atoms with Crippen molar-refractivity contribution in [2.24, 2.45) is 39.9 Å². The van der Waals surface area contributed by atoms with Crippen LogP contribution in [0, 0.1) is 39.9 Å². The van der Waals surface area contributed by atoms with Crippen LogP contribution in [0.4, 0.5) is 0 Å². The van der Waals surface area contributed by atoms with Crippen molar-refractivity contribution in [3.8, 4) is 0 Å². The van der Waals surface area contributed by atoms with Gasteiger partial charge in [0.15, 0.2) is 0 Å². The standard InChI is InChI=1S/C25H38O3/c1-15-13-22-20-8-7-18-14-19(28-17(3)27)9-11-23(18,4)21(20)10-12-24(22,5)25(15,6)16(2)26/h7,15,19-22H,8-14H2,1-6H3/t15-,19-,20-,21+,22-,23-,24+,25-/m1/s1. The van der Waals surface area contributed by atoms with Crippen LogP contribution < -0.4 is 0 Å². The molecule has 0 aromatic heterocycles. The van der Waals surface area contributed by atoms with Gasteiger partial charge in [-0.15, -0.1) is 0 Å². The molecule has 0 aromatic rings. The zero-order chi connectivity index (χ0) is 20.5. The second kappa shape index (κ2) is 6.44. The molecule has 0 radical (unpaired) electrons. The van der Waals surface area contributed by atoms with E-state index in [2.05, 4.69) is 33.8 Å². The molecular formula is C25H38O3. The number of hydrogen-bond donors (Lipinski definition) is 0. The Morgan fingerprint density at radius 1 is 1.07 bits per heavy atom. The van der Waals surface area contributed by atoms with E-state index in [1.165, 1.54) is 31.8 Å². The Morgan fingerprint density at radius 2 is 1.79 bits per heavy atom. The number of Topliss-reactive ketones (excluding diaryl/α,β-unsaturated/α-hetero) is 1. The third-order valence-electron chi connectivity index (χ3n) is 10.3. The van der Waals surface area contributed by atoms with E-state index in [-0.39, 0.29) is 28.3 Å². The quantitative estimate of drug-likeness (QED) is 0.450. The van der Waals surface area contributed by atoms with Crippen LogP contribution in [0.1, 0.15) is 86.5 Å². The number of rotatable bonds is 2. The van der Waals surface area contributed by atoms with Crippen molar-refractivity contribution in [2.75, 3.05) is 0 Å². The molecule has 0 saturated heterocycles. The minimum atomic E-state index is -0.180.